The molecule has 0 spiro atoms. The molecule has 2 rings (SSSR count). The van der Waals surface area contributed by atoms with Gasteiger partial charge in [-0.2, -0.15) is 0 Å². The molecule has 1 aliphatic rings. The number of rotatable bonds is 2. The van der Waals surface area contributed by atoms with Crippen molar-refractivity contribution in [1.82, 2.24) is 5.32 Å². The summed E-state index contributed by atoms with van der Waals surface area (Å²) in [6.07, 6.45) is 1.30. The van der Waals surface area contributed by atoms with Crippen molar-refractivity contribution in [2.75, 3.05) is 11.5 Å². The van der Waals surface area contributed by atoms with Crippen molar-refractivity contribution in [2.45, 2.75) is 25.8 Å². The van der Waals surface area contributed by atoms with Crippen LogP contribution >= 0.6 is 11.6 Å². The zero-order chi connectivity index (χ0) is 14.0. The van der Waals surface area contributed by atoms with Gasteiger partial charge in [0.2, 0.25) is 0 Å². The van der Waals surface area contributed by atoms with E-state index in [4.69, 9.17) is 11.6 Å². The minimum atomic E-state index is -3.02. The summed E-state index contributed by atoms with van der Waals surface area (Å²) in [6.45, 7) is 1.86. The van der Waals surface area contributed by atoms with Crippen LogP contribution in [-0.4, -0.2) is 31.9 Å². The highest BCUT2D eigenvalue weighted by Gasteiger charge is 2.26. The van der Waals surface area contributed by atoms with Crippen molar-refractivity contribution in [3.8, 4) is 0 Å². The number of carbonyl (C=O) groups is 1. The molecule has 1 unspecified atom stereocenters. The number of benzene rings is 1. The molecule has 4 nitrogen and oxygen atoms in total. The Labute approximate surface area is 118 Å². The number of nitrogens with one attached hydrogen (secondary N) is 1. The zero-order valence-electron chi connectivity index (χ0n) is 10.6. The third kappa shape index (κ3) is 3.70. The van der Waals surface area contributed by atoms with Gasteiger partial charge in [-0.05, 0) is 37.5 Å². The maximum Gasteiger partial charge on any atom is 0.251 e. The molecule has 1 aromatic carbocycles. The Morgan fingerprint density at radius 3 is 2.79 bits per heavy atom. The van der Waals surface area contributed by atoms with Crippen molar-refractivity contribution in [2.24, 2.45) is 0 Å². The number of hydrogen-bond donors (Lipinski definition) is 1. The molecule has 1 saturated heterocycles. The van der Waals surface area contributed by atoms with Crippen molar-refractivity contribution >= 4 is 27.3 Å². The van der Waals surface area contributed by atoms with Gasteiger partial charge in [-0.15, -0.1) is 0 Å². The van der Waals surface area contributed by atoms with Crippen LogP contribution in [0, 0.1) is 6.92 Å². The molecule has 1 heterocycles. The average Bonchev–Trinajstić information content (AvgIpc) is 2.31. The second-order valence-electron chi connectivity index (χ2n) is 4.89. The molecule has 6 heteroatoms. The molecular weight excluding hydrogens is 286 g/mol. The molecule has 1 atom stereocenters. The van der Waals surface area contributed by atoms with Gasteiger partial charge in [-0.1, -0.05) is 17.7 Å². The Morgan fingerprint density at radius 1 is 1.42 bits per heavy atom. The third-order valence-corrected chi connectivity index (χ3v) is 5.46. The highest BCUT2D eigenvalue weighted by molar-refractivity contribution is 7.91. The Kier molecular flexibility index (Phi) is 4.16. The van der Waals surface area contributed by atoms with Gasteiger partial charge in [0.25, 0.3) is 5.91 Å². The van der Waals surface area contributed by atoms with E-state index in [0.717, 1.165) is 5.56 Å². The highest BCUT2D eigenvalue weighted by Crippen LogP contribution is 2.17. The van der Waals surface area contributed by atoms with Crippen LogP contribution < -0.4 is 5.32 Å². The Balaban J connectivity index is 2.06. The van der Waals surface area contributed by atoms with Gasteiger partial charge >= 0.3 is 0 Å². The van der Waals surface area contributed by atoms with Crippen molar-refractivity contribution < 1.29 is 13.2 Å². The summed E-state index contributed by atoms with van der Waals surface area (Å²) in [6, 6.07) is 4.76. The lowest BCUT2D eigenvalue weighted by molar-refractivity contribution is 0.0938. The highest BCUT2D eigenvalue weighted by atomic mass is 35.5. The Morgan fingerprint density at radius 2 is 2.16 bits per heavy atom. The maximum atomic E-state index is 12.0. The van der Waals surface area contributed by atoms with Crippen LogP contribution in [-0.2, 0) is 9.84 Å². The molecule has 104 valence electrons. The molecular formula is C13H16ClNO3S. The molecule has 19 heavy (non-hydrogen) atoms. The Bertz CT molecular complexity index is 598. The standard InChI is InChI=1S/C13H16ClNO3S/c1-9-4-5-10(7-12(9)14)13(16)15-11-3-2-6-19(17,18)8-11/h4-5,7,11H,2-3,6,8H2,1H3,(H,15,16). The molecule has 0 aliphatic carbocycles. The van der Waals surface area contributed by atoms with Crippen LogP contribution in [0.4, 0.5) is 0 Å². The summed E-state index contributed by atoms with van der Waals surface area (Å²) in [5.41, 5.74) is 1.36. The van der Waals surface area contributed by atoms with Crippen molar-refractivity contribution in [3.05, 3.63) is 34.3 Å². The first kappa shape index (κ1) is 14.3. The average molecular weight is 302 g/mol. The van der Waals surface area contributed by atoms with Gasteiger partial charge in [0.05, 0.1) is 11.5 Å². The van der Waals surface area contributed by atoms with Gasteiger partial charge in [-0.3, -0.25) is 4.79 Å². The number of amides is 1. The third-order valence-electron chi connectivity index (χ3n) is 3.23. The SMILES string of the molecule is Cc1ccc(C(=O)NC2CCCS(=O)(=O)C2)cc1Cl. The number of halogens is 1. The van der Waals surface area contributed by atoms with E-state index in [9.17, 15) is 13.2 Å². The van der Waals surface area contributed by atoms with E-state index in [2.05, 4.69) is 5.32 Å². The van der Waals surface area contributed by atoms with Crippen molar-refractivity contribution in [3.63, 3.8) is 0 Å². The van der Waals surface area contributed by atoms with Crippen LogP contribution in [0.3, 0.4) is 0 Å². The lowest BCUT2D eigenvalue weighted by Crippen LogP contribution is -2.43. The first-order chi connectivity index (χ1) is 8.87. The van der Waals surface area contributed by atoms with E-state index in [1.807, 2.05) is 6.92 Å². The normalized spacial score (nSPS) is 21.9. The summed E-state index contributed by atoms with van der Waals surface area (Å²) in [5, 5.41) is 3.29. The topological polar surface area (TPSA) is 63.2 Å². The van der Waals surface area contributed by atoms with Crippen LogP contribution in [0.25, 0.3) is 0 Å². The summed E-state index contributed by atoms with van der Waals surface area (Å²) < 4.78 is 23.0. The van der Waals surface area contributed by atoms with Gasteiger partial charge in [-0.25, -0.2) is 8.42 Å². The quantitative estimate of drug-likeness (QED) is 0.908. The molecule has 1 amide bonds. The lowest BCUT2D eigenvalue weighted by atomic mass is 10.1. The molecule has 0 bridgehead atoms. The smallest absolute Gasteiger partial charge is 0.251 e. The van der Waals surface area contributed by atoms with E-state index < -0.39 is 9.84 Å². The zero-order valence-corrected chi connectivity index (χ0v) is 12.2. The second kappa shape index (κ2) is 5.51. The van der Waals surface area contributed by atoms with Crippen LogP contribution in [0.1, 0.15) is 28.8 Å². The summed E-state index contributed by atoms with van der Waals surface area (Å²) in [7, 11) is -3.02. The maximum absolute atomic E-state index is 12.0. The molecule has 1 aliphatic heterocycles. The fraction of sp³-hybridized carbons (Fsp3) is 0.462. The monoisotopic (exact) mass is 301 g/mol. The Hall–Kier alpha value is -1.07. The summed E-state index contributed by atoms with van der Waals surface area (Å²) >= 11 is 5.97. The van der Waals surface area contributed by atoms with E-state index in [-0.39, 0.29) is 23.5 Å². The molecule has 0 saturated carbocycles. The molecule has 1 fully saturated rings. The molecule has 0 aromatic heterocycles. The van der Waals surface area contributed by atoms with E-state index in [1.54, 1.807) is 18.2 Å². The molecule has 1 aromatic rings. The minimum absolute atomic E-state index is 0.0261. The number of aryl methyl sites for hydroxylation is 1. The number of sulfone groups is 1. The van der Waals surface area contributed by atoms with Crippen molar-refractivity contribution in [1.29, 1.82) is 0 Å². The van der Waals surface area contributed by atoms with Crippen LogP contribution in [0.15, 0.2) is 18.2 Å². The molecule has 0 radical (unpaired) electrons. The number of carbonyl (C=O) groups excluding carboxylic acids is 1. The summed E-state index contributed by atoms with van der Waals surface area (Å²) in [5.74, 6) is -0.0300. The second-order valence-corrected chi connectivity index (χ2v) is 7.53. The largest absolute Gasteiger partial charge is 0.348 e. The van der Waals surface area contributed by atoms with Gasteiger partial charge in [0.15, 0.2) is 9.84 Å². The van der Waals surface area contributed by atoms with Crippen LogP contribution in [0.5, 0.6) is 0 Å². The van der Waals surface area contributed by atoms with Gasteiger partial charge < -0.3 is 5.32 Å². The predicted octanol–water partition coefficient (Wildman–Crippen LogP) is 1.96. The van der Waals surface area contributed by atoms with Gasteiger partial charge in [0.1, 0.15) is 0 Å². The van der Waals surface area contributed by atoms with E-state index in [0.29, 0.717) is 23.4 Å². The first-order valence-corrected chi connectivity index (χ1v) is 8.35. The fourth-order valence-electron chi connectivity index (χ4n) is 2.14. The minimum Gasteiger partial charge on any atom is -0.348 e. The fourth-order valence-corrected chi connectivity index (χ4v) is 3.96. The van der Waals surface area contributed by atoms with Gasteiger partial charge in [0, 0.05) is 16.6 Å². The predicted molar refractivity (Wildman–Crippen MR) is 75.3 cm³/mol. The number of hydrogen-bond acceptors (Lipinski definition) is 3. The van der Waals surface area contributed by atoms with E-state index in [1.165, 1.54) is 0 Å². The van der Waals surface area contributed by atoms with Crippen LogP contribution in [0.2, 0.25) is 5.02 Å². The van der Waals surface area contributed by atoms with E-state index >= 15 is 0 Å². The molecule has 1 N–H and O–H groups in total. The lowest BCUT2D eigenvalue weighted by Gasteiger charge is -2.23. The first-order valence-electron chi connectivity index (χ1n) is 6.15. The summed E-state index contributed by atoms with van der Waals surface area (Å²) in [4.78, 5) is 12.0.